The first-order chi connectivity index (χ1) is 8.32. The standard InChI is InChI=1S/C13H18Cl2N2O/c1-8(2)17(13(18)9(3)16)7-10-6-11(14)4-5-12(10)15/h4-6,8-9H,7,16H2,1-3H3. The van der Waals surface area contributed by atoms with Crippen LogP contribution in [-0.4, -0.2) is 22.9 Å². The fourth-order valence-electron chi connectivity index (χ4n) is 1.62. The monoisotopic (exact) mass is 288 g/mol. The average Bonchev–Trinajstić information content (AvgIpc) is 2.28. The number of carbonyl (C=O) groups excluding carboxylic acids is 1. The van der Waals surface area contributed by atoms with Gasteiger partial charge in [0.05, 0.1) is 6.04 Å². The number of rotatable bonds is 4. The van der Waals surface area contributed by atoms with Crippen molar-refractivity contribution in [1.82, 2.24) is 4.90 Å². The van der Waals surface area contributed by atoms with E-state index < -0.39 is 6.04 Å². The van der Waals surface area contributed by atoms with Gasteiger partial charge >= 0.3 is 0 Å². The number of nitrogens with zero attached hydrogens (tertiary/aromatic N) is 1. The molecule has 18 heavy (non-hydrogen) atoms. The van der Waals surface area contributed by atoms with Gasteiger partial charge in [-0.15, -0.1) is 0 Å². The highest BCUT2D eigenvalue weighted by Gasteiger charge is 2.21. The molecule has 0 bridgehead atoms. The third-order valence-corrected chi connectivity index (χ3v) is 3.25. The van der Waals surface area contributed by atoms with E-state index in [1.807, 2.05) is 13.8 Å². The van der Waals surface area contributed by atoms with Crippen LogP contribution < -0.4 is 5.73 Å². The summed E-state index contributed by atoms with van der Waals surface area (Å²) in [7, 11) is 0. The van der Waals surface area contributed by atoms with E-state index in [9.17, 15) is 4.79 Å². The zero-order chi connectivity index (χ0) is 13.9. The minimum Gasteiger partial charge on any atom is -0.335 e. The van der Waals surface area contributed by atoms with Crippen molar-refractivity contribution in [3.8, 4) is 0 Å². The Hall–Kier alpha value is -0.770. The summed E-state index contributed by atoms with van der Waals surface area (Å²) < 4.78 is 0. The van der Waals surface area contributed by atoms with Gasteiger partial charge in [0.15, 0.2) is 0 Å². The fourth-order valence-corrected chi connectivity index (χ4v) is 2.00. The van der Waals surface area contributed by atoms with E-state index in [-0.39, 0.29) is 11.9 Å². The van der Waals surface area contributed by atoms with Crippen LogP contribution in [-0.2, 0) is 11.3 Å². The van der Waals surface area contributed by atoms with Crippen molar-refractivity contribution in [1.29, 1.82) is 0 Å². The van der Waals surface area contributed by atoms with Crippen molar-refractivity contribution in [2.45, 2.75) is 39.4 Å². The number of hydrogen-bond acceptors (Lipinski definition) is 2. The summed E-state index contributed by atoms with van der Waals surface area (Å²) in [5, 5.41) is 1.20. The topological polar surface area (TPSA) is 46.3 Å². The maximum Gasteiger partial charge on any atom is 0.239 e. The number of carbonyl (C=O) groups is 1. The Morgan fingerprint density at radius 2 is 1.94 bits per heavy atom. The van der Waals surface area contributed by atoms with E-state index in [0.717, 1.165) is 5.56 Å². The SMILES string of the molecule is CC(N)C(=O)N(Cc1cc(Cl)ccc1Cl)C(C)C. The van der Waals surface area contributed by atoms with Gasteiger partial charge in [0.25, 0.3) is 0 Å². The normalized spacial score (nSPS) is 12.6. The quantitative estimate of drug-likeness (QED) is 0.926. The van der Waals surface area contributed by atoms with Gasteiger partial charge in [0, 0.05) is 22.6 Å². The van der Waals surface area contributed by atoms with Gasteiger partial charge in [-0.05, 0) is 44.5 Å². The van der Waals surface area contributed by atoms with E-state index in [1.54, 1.807) is 30.0 Å². The van der Waals surface area contributed by atoms with Crippen molar-refractivity contribution in [2.24, 2.45) is 5.73 Å². The maximum absolute atomic E-state index is 12.0. The molecule has 1 atom stereocenters. The van der Waals surface area contributed by atoms with Crippen LogP contribution >= 0.6 is 23.2 Å². The largest absolute Gasteiger partial charge is 0.335 e. The first kappa shape index (κ1) is 15.3. The maximum atomic E-state index is 12.0. The lowest BCUT2D eigenvalue weighted by atomic mass is 10.1. The van der Waals surface area contributed by atoms with Crippen LogP contribution in [0.3, 0.4) is 0 Å². The molecule has 0 saturated heterocycles. The van der Waals surface area contributed by atoms with Gasteiger partial charge in [-0.3, -0.25) is 4.79 Å². The molecule has 0 aliphatic carbocycles. The van der Waals surface area contributed by atoms with Gasteiger partial charge < -0.3 is 10.6 Å². The Bertz CT molecular complexity index is 433. The molecule has 1 rings (SSSR count). The molecule has 1 aromatic rings. The van der Waals surface area contributed by atoms with E-state index in [2.05, 4.69) is 0 Å². The highest BCUT2D eigenvalue weighted by Crippen LogP contribution is 2.23. The second-order valence-electron chi connectivity index (χ2n) is 4.58. The highest BCUT2D eigenvalue weighted by molar-refractivity contribution is 6.33. The molecule has 0 fully saturated rings. The van der Waals surface area contributed by atoms with Gasteiger partial charge in [0.2, 0.25) is 5.91 Å². The number of benzene rings is 1. The van der Waals surface area contributed by atoms with Crippen molar-refractivity contribution in [3.05, 3.63) is 33.8 Å². The predicted molar refractivity (Wildman–Crippen MR) is 75.8 cm³/mol. The Morgan fingerprint density at radius 3 is 2.44 bits per heavy atom. The average molecular weight is 289 g/mol. The van der Waals surface area contributed by atoms with Crippen molar-refractivity contribution in [3.63, 3.8) is 0 Å². The Kier molecular flexibility index (Phi) is 5.45. The third-order valence-electron chi connectivity index (χ3n) is 2.64. The van der Waals surface area contributed by atoms with Crippen LogP contribution in [0.4, 0.5) is 0 Å². The van der Waals surface area contributed by atoms with Crippen molar-refractivity contribution >= 4 is 29.1 Å². The van der Waals surface area contributed by atoms with Crippen LogP contribution in [0.5, 0.6) is 0 Å². The lowest BCUT2D eigenvalue weighted by Gasteiger charge is -2.28. The van der Waals surface area contributed by atoms with Gasteiger partial charge in [0.1, 0.15) is 0 Å². The second kappa shape index (κ2) is 6.41. The van der Waals surface area contributed by atoms with E-state index in [4.69, 9.17) is 28.9 Å². The van der Waals surface area contributed by atoms with Gasteiger partial charge in [-0.25, -0.2) is 0 Å². The molecule has 0 radical (unpaired) electrons. The lowest BCUT2D eigenvalue weighted by Crippen LogP contribution is -2.45. The van der Waals surface area contributed by atoms with E-state index in [1.165, 1.54) is 0 Å². The molecule has 5 heteroatoms. The number of halogens is 2. The van der Waals surface area contributed by atoms with E-state index >= 15 is 0 Å². The molecule has 0 aliphatic rings. The Balaban J connectivity index is 2.97. The van der Waals surface area contributed by atoms with Crippen LogP contribution in [0.1, 0.15) is 26.3 Å². The first-order valence-corrected chi connectivity index (χ1v) is 6.58. The first-order valence-electron chi connectivity index (χ1n) is 5.83. The summed E-state index contributed by atoms with van der Waals surface area (Å²) in [5.41, 5.74) is 6.47. The van der Waals surface area contributed by atoms with Crippen LogP contribution in [0.15, 0.2) is 18.2 Å². The predicted octanol–water partition coefficient (Wildman–Crippen LogP) is 3.08. The number of amides is 1. The van der Waals surface area contributed by atoms with Crippen molar-refractivity contribution in [2.75, 3.05) is 0 Å². The van der Waals surface area contributed by atoms with Crippen LogP contribution in [0.2, 0.25) is 10.0 Å². The molecule has 100 valence electrons. The molecule has 0 heterocycles. The van der Waals surface area contributed by atoms with Crippen molar-refractivity contribution < 1.29 is 4.79 Å². The minimum atomic E-state index is -0.523. The third kappa shape index (κ3) is 3.87. The summed E-state index contributed by atoms with van der Waals surface area (Å²) in [6, 6.07) is 4.76. The van der Waals surface area contributed by atoms with Gasteiger partial charge in [-0.1, -0.05) is 23.2 Å². The zero-order valence-electron chi connectivity index (χ0n) is 10.8. The highest BCUT2D eigenvalue weighted by atomic mass is 35.5. The molecular weight excluding hydrogens is 271 g/mol. The molecular formula is C13H18Cl2N2O. The summed E-state index contributed by atoms with van der Waals surface area (Å²) >= 11 is 12.0. The molecule has 0 aromatic heterocycles. The lowest BCUT2D eigenvalue weighted by molar-refractivity contribution is -0.134. The number of nitrogens with two attached hydrogens (primary N) is 1. The van der Waals surface area contributed by atoms with Gasteiger partial charge in [-0.2, -0.15) is 0 Å². The summed E-state index contributed by atoms with van der Waals surface area (Å²) in [6.07, 6.45) is 0. The van der Waals surface area contributed by atoms with Crippen LogP contribution in [0, 0.1) is 0 Å². The second-order valence-corrected chi connectivity index (χ2v) is 5.43. The Labute approximate surface area is 118 Å². The molecule has 0 saturated carbocycles. The zero-order valence-corrected chi connectivity index (χ0v) is 12.3. The summed E-state index contributed by atoms with van der Waals surface area (Å²) in [5.74, 6) is -0.0963. The smallest absolute Gasteiger partial charge is 0.239 e. The fraction of sp³-hybridized carbons (Fsp3) is 0.462. The van der Waals surface area contributed by atoms with Crippen LogP contribution in [0.25, 0.3) is 0 Å². The minimum absolute atomic E-state index is 0.0542. The Morgan fingerprint density at radius 1 is 1.33 bits per heavy atom. The molecule has 0 aliphatic heterocycles. The molecule has 1 amide bonds. The molecule has 3 nitrogen and oxygen atoms in total. The molecule has 0 spiro atoms. The van der Waals surface area contributed by atoms with E-state index in [0.29, 0.717) is 16.6 Å². The summed E-state index contributed by atoms with van der Waals surface area (Å²) in [4.78, 5) is 13.7. The molecule has 1 aromatic carbocycles. The summed E-state index contributed by atoms with van der Waals surface area (Å²) in [6.45, 7) is 5.98. The molecule has 1 unspecified atom stereocenters. The number of hydrogen-bond donors (Lipinski definition) is 1. The molecule has 2 N–H and O–H groups in total.